The molecule has 1 aromatic carbocycles. The number of likely N-dealkylation sites (tertiary alicyclic amines) is 1. The van der Waals surface area contributed by atoms with Gasteiger partial charge in [0.15, 0.2) is 0 Å². The fraction of sp³-hybridized carbons (Fsp3) is 0.571. The van der Waals surface area contributed by atoms with Gasteiger partial charge in [0.25, 0.3) is 0 Å². The maximum absolute atomic E-state index is 10.2. The first-order valence-corrected chi connectivity index (χ1v) is 7.28. The number of hydrogen-bond acceptors (Lipinski definition) is 2. The molecule has 1 atom stereocenters. The number of halogens is 2. The van der Waals surface area contributed by atoms with E-state index in [0.717, 1.165) is 31.6 Å². The molecule has 0 bridgehead atoms. The van der Waals surface area contributed by atoms with Crippen LogP contribution in [0, 0.1) is 0 Å². The van der Waals surface area contributed by atoms with Gasteiger partial charge in [-0.3, -0.25) is 0 Å². The minimum Gasteiger partial charge on any atom is -0.388 e. The Kier molecular flexibility index (Phi) is 5.31. The molecule has 1 unspecified atom stereocenters. The molecular weight excluding hydrogens is 269 g/mol. The number of benzene rings is 1. The summed E-state index contributed by atoms with van der Waals surface area (Å²) in [4.78, 5) is 2.41. The van der Waals surface area contributed by atoms with E-state index in [9.17, 15) is 5.11 Å². The number of nitrogens with zero attached hydrogens (tertiary/aromatic N) is 1. The summed E-state index contributed by atoms with van der Waals surface area (Å²) in [5, 5.41) is 11.3. The molecule has 1 saturated heterocycles. The van der Waals surface area contributed by atoms with Crippen LogP contribution in [0.15, 0.2) is 18.2 Å². The minimum absolute atomic E-state index is 0.503. The van der Waals surface area contributed by atoms with Gasteiger partial charge in [-0.25, -0.2) is 0 Å². The van der Waals surface area contributed by atoms with Gasteiger partial charge in [-0.05, 0) is 50.0 Å². The Balaban J connectivity index is 1.88. The van der Waals surface area contributed by atoms with Crippen LogP contribution in [0.2, 0.25) is 10.0 Å². The number of aliphatic hydroxyl groups is 1. The summed E-state index contributed by atoms with van der Waals surface area (Å²) in [6.07, 6.45) is 4.11. The molecule has 0 aromatic heterocycles. The van der Waals surface area contributed by atoms with Gasteiger partial charge in [0.05, 0.1) is 6.10 Å². The van der Waals surface area contributed by atoms with Gasteiger partial charge >= 0.3 is 0 Å². The molecule has 18 heavy (non-hydrogen) atoms. The molecule has 4 heteroatoms. The normalized spacial score (nSPS) is 18.8. The minimum atomic E-state index is -0.503. The lowest BCUT2D eigenvalue weighted by Crippen LogP contribution is -2.31. The molecule has 0 saturated carbocycles. The van der Waals surface area contributed by atoms with Gasteiger partial charge in [0.2, 0.25) is 0 Å². The van der Waals surface area contributed by atoms with E-state index >= 15 is 0 Å². The van der Waals surface area contributed by atoms with Gasteiger partial charge in [0.1, 0.15) is 0 Å². The van der Waals surface area contributed by atoms with Crippen molar-refractivity contribution in [1.82, 2.24) is 4.90 Å². The Morgan fingerprint density at radius 3 is 2.56 bits per heavy atom. The fourth-order valence-electron chi connectivity index (χ4n) is 2.42. The van der Waals surface area contributed by atoms with Crippen molar-refractivity contribution >= 4 is 23.2 Å². The zero-order valence-corrected chi connectivity index (χ0v) is 11.9. The van der Waals surface area contributed by atoms with Crippen molar-refractivity contribution in [1.29, 1.82) is 0 Å². The van der Waals surface area contributed by atoms with Gasteiger partial charge in [-0.15, -0.1) is 0 Å². The van der Waals surface area contributed by atoms with Crippen LogP contribution < -0.4 is 0 Å². The molecule has 0 radical (unpaired) electrons. The molecule has 2 nitrogen and oxygen atoms in total. The second-order valence-corrected chi connectivity index (χ2v) is 5.72. The smallest absolute Gasteiger partial charge is 0.0816 e. The predicted octanol–water partition coefficient (Wildman–Crippen LogP) is 3.90. The molecule has 1 fully saturated rings. The standard InChI is InChI=1S/C14H19Cl2NO/c15-11-4-5-12(13(16)10-11)14(18)6-9-17-7-2-1-3-8-17/h4-5,10,14,18H,1-3,6-9H2. The van der Waals surface area contributed by atoms with E-state index in [1.807, 2.05) is 6.07 Å². The first-order valence-electron chi connectivity index (χ1n) is 6.52. The van der Waals surface area contributed by atoms with Crippen LogP contribution in [0.3, 0.4) is 0 Å². The highest BCUT2D eigenvalue weighted by atomic mass is 35.5. The molecule has 1 aliphatic heterocycles. The van der Waals surface area contributed by atoms with Gasteiger partial charge in [0, 0.05) is 16.6 Å². The summed E-state index contributed by atoms with van der Waals surface area (Å²) in [6, 6.07) is 5.26. The molecule has 1 N–H and O–H groups in total. The van der Waals surface area contributed by atoms with Crippen LogP contribution in [-0.2, 0) is 0 Å². The molecule has 0 spiro atoms. The van der Waals surface area contributed by atoms with Crippen LogP contribution in [0.4, 0.5) is 0 Å². The summed E-state index contributed by atoms with van der Waals surface area (Å²) in [5.74, 6) is 0. The lowest BCUT2D eigenvalue weighted by molar-refractivity contribution is 0.134. The van der Waals surface area contributed by atoms with E-state index in [1.54, 1.807) is 12.1 Å². The Bertz CT molecular complexity index is 391. The molecular formula is C14H19Cl2NO. The van der Waals surface area contributed by atoms with Crippen molar-refractivity contribution in [3.05, 3.63) is 33.8 Å². The van der Waals surface area contributed by atoms with Crippen molar-refractivity contribution in [2.75, 3.05) is 19.6 Å². The van der Waals surface area contributed by atoms with E-state index in [1.165, 1.54) is 19.3 Å². The van der Waals surface area contributed by atoms with E-state index in [4.69, 9.17) is 23.2 Å². The number of aliphatic hydroxyl groups excluding tert-OH is 1. The quantitative estimate of drug-likeness (QED) is 0.908. The Labute approximate surface area is 119 Å². The second-order valence-electron chi connectivity index (χ2n) is 4.87. The molecule has 0 amide bonds. The van der Waals surface area contributed by atoms with Gasteiger partial charge in [-0.2, -0.15) is 0 Å². The average Bonchev–Trinajstić information content (AvgIpc) is 2.37. The lowest BCUT2D eigenvalue weighted by atomic mass is 10.1. The molecule has 0 aliphatic carbocycles. The topological polar surface area (TPSA) is 23.5 Å². The average molecular weight is 288 g/mol. The zero-order valence-electron chi connectivity index (χ0n) is 10.4. The SMILES string of the molecule is OC(CCN1CCCCC1)c1ccc(Cl)cc1Cl. The highest BCUT2D eigenvalue weighted by molar-refractivity contribution is 6.35. The lowest BCUT2D eigenvalue weighted by Gasteiger charge is -2.27. The first-order chi connectivity index (χ1) is 8.66. The van der Waals surface area contributed by atoms with Crippen molar-refractivity contribution in [3.63, 3.8) is 0 Å². The summed E-state index contributed by atoms with van der Waals surface area (Å²) >= 11 is 11.9. The number of hydrogen-bond donors (Lipinski definition) is 1. The summed E-state index contributed by atoms with van der Waals surface area (Å²) in [5.41, 5.74) is 0.776. The zero-order chi connectivity index (χ0) is 13.0. The molecule has 1 aromatic rings. The van der Waals surface area contributed by atoms with Crippen molar-refractivity contribution in [2.24, 2.45) is 0 Å². The van der Waals surface area contributed by atoms with Gasteiger partial charge in [-0.1, -0.05) is 35.7 Å². The van der Waals surface area contributed by atoms with Crippen LogP contribution in [0.1, 0.15) is 37.4 Å². The third-order valence-corrected chi connectivity index (χ3v) is 4.05. The third kappa shape index (κ3) is 3.86. The van der Waals surface area contributed by atoms with Crippen LogP contribution in [-0.4, -0.2) is 29.6 Å². The Hall–Kier alpha value is -0.280. The number of rotatable bonds is 4. The maximum Gasteiger partial charge on any atom is 0.0816 e. The molecule has 100 valence electrons. The maximum atomic E-state index is 10.2. The van der Waals surface area contributed by atoms with E-state index in [0.29, 0.717) is 10.0 Å². The predicted molar refractivity (Wildman–Crippen MR) is 76.3 cm³/mol. The van der Waals surface area contributed by atoms with Gasteiger partial charge < -0.3 is 10.0 Å². The number of piperidine rings is 1. The van der Waals surface area contributed by atoms with E-state index in [2.05, 4.69) is 4.90 Å². The van der Waals surface area contributed by atoms with Crippen LogP contribution >= 0.6 is 23.2 Å². The van der Waals surface area contributed by atoms with Crippen LogP contribution in [0.5, 0.6) is 0 Å². The highest BCUT2D eigenvalue weighted by Crippen LogP contribution is 2.28. The Morgan fingerprint density at radius 2 is 1.89 bits per heavy atom. The third-order valence-electron chi connectivity index (χ3n) is 3.49. The van der Waals surface area contributed by atoms with Crippen molar-refractivity contribution in [2.45, 2.75) is 31.8 Å². The molecule has 1 heterocycles. The molecule has 1 aliphatic rings. The summed E-state index contributed by atoms with van der Waals surface area (Å²) < 4.78 is 0. The first kappa shape index (κ1) is 14.1. The van der Waals surface area contributed by atoms with E-state index in [-0.39, 0.29) is 0 Å². The second kappa shape index (κ2) is 6.76. The monoisotopic (exact) mass is 287 g/mol. The van der Waals surface area contributed by atoms with Crippen molar-refractivity contribution in [3.8, 4) is 0 Å². The fourth-order valence-corrected chi connectivity index (χ4v) is 2.95. The summed E-state index contributed by atoms with van der Waals surface area (Å²) in [7, 11) is 0. The highest BCUT2D eigenvalue weighted by Gasteiger charge is 2.15. The van der Waals surface area contributed by atoms with Crippen LogP contribution in [0.25, 0.3) is 0 Å². The largest absolute Gasteiger partial charge is 0.388 e. The molecule has 2 rings (SSSR count). The van der Waals surface area contributed by atoms with E-state index < -0.39 is 6.10 Å². The Morgan fingerprint density at radius 1 is 1.17 bits per heavy atom. The van der Waals surface area contributed by atoms with Crippen molar-refractivity contribution < 1.29 is 5.11 Å². The summed E-state index contributed by atoms with van der Waals surface area (Å²) in [6.45, 7) is 3.24.